The Kier molecular flexibility index (Phi) is 7.39. The van der Waals surface area contributed by atoms with Crippen molar-refractivity contribution in [2.75, 3.05) is 13.1 Å². The molecule has 0 aromatic carbocycles. The lowest BCUT2D eigenvalue weighted by Gasteiger charge is -2.09. The molecule has 116 valence electrons. The highest BCUT2D eigenvalue weighted by atomic mass is 35.5. The van der Waals surface area contributed by atoms with Crippen LogP contribution in [0.5, 0.6) is 0 Å². The van der Waals surface area contributed by atoms with Gasteiger partial charge < -0.3 is 10.6 Å². The number of thiazole rings is 1. The number of nitrogens with zero attached hydrogens (tertiary/aromatic N) is 1. The molecule has 2 aromatic heterocycles. The number of thiophene rings is 1. The van der Waals surface area contributed by atoms with Crippen molar-refractivity contribution < 1.29 is 4.79 Å². The minimum atomic E-state index is -0.0983. The van der Waals surface area contributed by atoms with Crippen molar-refractivity contribution in [1.29, 1.82) is 0 Å². The molecular weight excluding hydrogens is 373 g/mol. The van der Waals surface area contributed by atoms with Gasteiger partial charge in [-0.3, -0.25) is 4.79 Å². The average molecular weight is 387 g/mol. The van der Waals surface area contributed by atoms with Gasteiger partial charge in [-0.05, 0) is 25.1 Å². The molecule has 0 saturated carbocycles. The third-order valence-electron chi connectivity index (χ3n) is 2.92. The van der Waals surface area contributed by atoms with Crippen LogP contribution in [0.4, 0.5) is 0 Å². The van der Waals surface area contributed by atoms with Crippen molar-refractivity contribution in [2.24, 2.45) is 0 Å². The molecule has 1 saturated heterocycles. The summed E-state index contributed by atoms with van der Waals surface area (Å²) in [5.74, 6) is -0.0983. The Labute approximate surface area is 148 Å². The van der Waals surface area contributed by atoms with Gasteiger partial charge in [0, 0.05) is 18.0 Å². The summed E-state index contributed by atoms with van der Waals surface area (Å²) < 4.78 is 0.730. The predicted octanol–water partition coefficient (Wildman–Crippen LogP) is 3.46. The highest BCUT2D eigenvalue weighted by molar-refractivity contribution is 7.23. The Morgan fingerprint density at radius 3 is 2.86 bits per heavy atom. The van der Waals surface area contributed by atoms with Crippen molar-refractivity contribution >= 4 is 65.0 Å². The lowest BCUT2D eigenvalue weighted by molar-refractivity contribution is 0.0936. The van der Waals surface area contributed by atoms with Crippen molar-refractivity contribution in [3.05, 3.63) is 27.5 Å². The molecule has 0 radical (unpaired) electrons. The van der Waals surface area contributed by atoms with Crippen LogP contribution in [-0.2, 0) is 0 Å². The highest BCUT2D eigenvalue weighted by Gasteiger charge is 2.19. The first kappa shape index (κ1) is 18.7. The fourth-order valence-electron chi connectivity index (χ4n) is 1.96. The molecule has 9 heteroatoms. The monoisotopic (exact) mass is 385 g/mol. The van der Waals surface area contributed by atoms with E-state index in [0.29, 0.717) is 5.69 Å². The molecule has 1 unspecified atom stereocenters. The summed E-state index contributed by atoms with van der Waals surface area (Å²) >= 11 is 8.84. The second kappa shape index (κ2) is 8.31. The fourth-order valence-corrected chi connectivity index (χ4v) is 3.87. The third-order valence-corrected chi connectivity index (χ3v) is 5.16. The van der Waals surface area contributed by atoms with Crippen LogP contribution in [0.1, 0.15) is 16.9 Å². The predicted molar refractivity (Wildman–Crippen MR) is 93.7 cm³/mol. The summed E-state index contributed by atoms with van der Waals surface area (Å²) in [7, 11) is 0. The largest absolute Gasteiger partial charge is 0.347 e. The number of carbonyl (C=O) groups is 1. The van der Waals surface area contributed by atoms with Crippen LogP contribution in [0.25, 0.3) is 9.88 Å². The maximum Gasteiger partial charge on any atom is 0.271 e. The van der Waals surface area contributed by atoms with Gasteiger partial charge in [0.05, 0.1) is 9.21 Å². The Morgan fingerprint density at radius 1 is 1.43 bits per heavy atom. The van der Waals surface area contributed by atoms with Crippen LogP contribution in [0.15, 0.2) is 17.5 Å². The van der Waals surface area contributed by atoms with Crippen LogP contribution in [-0.4, -0.2) is 30.0 Å². The first-order valence-corrected chi connectivity index (χ1v) is 8.02. The van der Waals surface area contributed by atoms with Gasteiger partial charge in [0.25, 0.3) is 5.91 Å². The first-order valence-electron chi connectivity index (χ1n) is 5.95. The zero-order valence-corrected chi connectivity index (χ0v) is 14.8. The third kappa shape index (κ3) is 4.55. The van der Waals surface area contributed by atoms with Gasteiger partial charge in [-0.1, -0.05) is 11.6 Å². The molecule has 1 fully saturated rings. The van der Waals surface area contributed by atoms with Gasteiger partial charge in [0.15, 0.2) is 0 Å². The lowest BCUT2D eigenvalue weighted by Crippen LogP contribution is -2.36. The molecule has 21 heavy (non-hydrogen) atoms. The Morgan fingerprint density at radius 2 is 2.24 bits per heavy atom. The lowest BCUT2D eigenvalue weighted by atomic mass is 10.2. The summed E-state index contributed by atoms with van der Waals surface area (Å²) in [5.41, 5.74) is 0.483. The number of carbonyl (C=O) groups excluding carboxylic acids is 1. The van der Waals surface area contributed by atoms with E-state index in [-0.39, 0.29) is 36.8 Å². The molecule has 1 aliphatic rings. The number of aromatic nitrogens is 1. The molecule has 0 bridgehead atoms. The van der Waals surface area contributed by atoms with E-state index in [2.05, 4.69) is 15.6 Å². The quantitative estimate of drug-likeness (QED) is 0.849. The van der Waals surface area contributed by atoms with Gasteiger partial charge in [0.1, 0.15) is 10.7 Å². The molecular formula is C12H14Cl3N3OS2. The molecule has 1 aliphatic heterocycles. The number of nitrogens with one attached hydrogen (secondary N) is 2. The standard InChI is InChI=1S/C12H12ClN3OS2.2ClH/c13-10-2-1-9(19-10)12-16-8(6-18-12)11(17)15-7-3-4-14-5-7;;/h1-2,6-7,14H,3-5H2,(H,15,17);2*1H. The number of hydrogen-bond donors (Lipinski definition) is 2. The van der Waals surface area contributed by atoms with Crippen molar-refractivity contribution in [3.8, 4) is 9.88 Å². The minimum absolute atomic E-state index is 0. The van der Waals surface area contributed by atoms with Crippen molar-refractivity contribution in [2.45, 2.75) is 12.5 Å². The van der Waals surface area contributed by atoms with Crippen LogP contribution in [0.2, 0.25) is 4.34 Å². The van der Waals surface area contributed by atoms with E-state index in [1.807, 2.05) is 12.1 Å². The summed E-state index contributed by atoms with van der Waals surface area (Å²) in [6.07, 6.45) is 0.975. The molecule has 0 aliphatic carbocycles. The van der Waals surface area contributed by atoms with Gasteiger partial charge in [-0.2, -0.15) is 0 Å². The molecule has 1 amide bonds. The van der Waals surface area contributed by atoms with E-state index in [4.69, 9.17) is 11.6 Å². The van der Waals surface area contributed by atoms with Crippen LogP contribution in [0.3, 0.4) is 0 Å². The molecule has 0 spiro atoms. The maximum atomic E-state index is 12.0. The molecule has 2 N–H and O–H groups in total. The summed E-state index contributed by atoms with van der Waals surface area (Å²) in [6, 6.07) is 3.98. The van der Waals surface area contributed by atoms with Crippen LogP contribution < -0.4 is 10.6 Å². The number of amides is 1. The fraction of sp³-hybridized carbons (Fsp3) is 0.333. The average Bonchev–Trinajstić information content (AvgIpc) is 3.07. The van der Waals surface area contributed by atoms with Gasteiger partial charge in [-0.25, -0.2) is 4.98 Å². The van der Waals surface area contributed by atoms with Crippen LogP contribution >= 0.6 is 59.1 Å². The van der Waals surface area contributed by atoms with E-state index in [0.717, 1.165) is 33.7 Å². The maximum absolute atomic E-state index is 12.0. The summed E-state index contributed by atoms with van der Waals surface area (Å²) in [4.78, 5) is 17.4. The molecule has 2 aromatic rings. The van der Waals surface area contributed by atoms with Crippen molar-refractivity contribution in [3.63, 3.8) is 0 Å². The molecule has 4 nitrogen and oxygen atoms in total. The number of halogens is 3. The van der Waals surface area contributed by atoms with Gasteiger partial charge in [0.2, 0.25) is 0 Å². The van der Waals surface area contributed by atoms with E-state index < -0.39 is 0 Å². The van der Waals surface area contributed by atoms with Gasteiger partial charge >= 0.3 is 0 Å². The second-order valence-electron chi connectivity index (χ2n) is 4.30. The minimum Gasteiger partial charge on any atom is -0.347 e. The van der Waals surface area contributed by atoms with Gasteiger partial charge in [-0.15, -0.1) is 47.5 Å². The zero-order valence-electron chi connectivity index (χ0n) is 10.8. The Bertz CT molecular complexity index is 596. The first-order chi connectivity index (χ1) is 9.22. The smallest absolute Gasteiger partial charge is 0.271 e. The SMILES string of the molecule is Cl.Cl.O=C(NC1CCNC1)c1csc(-c2ccc(Cl)s2)n1. The van der Waals surface area contributed by atoms with Crippen LogP contribution in [0, 0.1) is 0 Å². The second-order valence-corrected chi connectivity index (χ2v) is 6.88. The van der Waals surface area contributed by atoms with E-state index in [1.54, 1.807) is 5.38 Å². The highest BCUT2D eigenvalue weighted by Crippen LogP contribution is 2.32. The Hall–Kier alpha value is -0.370. The van der Waals surface area contributed by atoms with E-state index in [9.17, 15) is 4.79 Å². The number of hydrogen-bond acceptors (Lipinski definition) is 5. The number of rotatable bonds is 3. The van der Waals surface area contributed by atoms with Crippen molar-refractivity contribution in [1.82, 2.24) is 15.6 Å². The molecule has 3 rings (SSSR count). The normalized spacial score (nSPS) is 16.9. The Balaban J connectivity index is 0.00000110. The van der Waals surface area contributed by atoms with E-state index in [1.165, 1.54) is 22.7 Å². The topological polar surface area (TPSA) is 54.0 Å². The summed E-state index contributed by atoms with van der Waals surface area (Å²) in [5, 5.41) is 8.83. The zero-order chi connectivity index (χ0) is 13.2. The summed E-state index contributed by atoms with van der Waals surface area (Å²) in [6.45, 7) is 1.80. The molecule has 1 atom stereocenters. The van der Waals surface area contributed by atoms with E-state index >= 15 is 0 Å². The molecule has 3 heterocycles.